The zero-order valence-electron chi connectivity index (χ0n) is 12.5. The van der Waals surface area contributed by atoms with Gasteiger partial charge in [-0.25, -0.2) is 10.5 Å². The standard InChI is InChI=1S/C15H18BrClN4O2/c16-11-6-10(17)8-21-13(9-4-2-1-3-5-9)14(19-15(11)21)18-7-12(22)20-23/h6,8-9,18,23H,1-5,7H2,(H,20,22). The second kappa shape index (κ2) is 7.07. The molecule has 0 unspecified atom stereocenters. The molecule has 3 rings (SSSR count). The molecule has 0 atom stereocenters. The number of halogens is 2. The van der Waals surface area contributed by atoms with Gasteiger partial charge in [0.25, 0.3) is 5.91 Å². The van der Waals surface area contributed by atoms with Crippen LogP contribution in [0.5, 0.6) is 0 Å². The van der Waals surface area contributed by atoms with Gasteiger partial charge in [0, 0.05) is 12.1 Å². The molecule has 3 N–H and O–H groups in total. The maximum Gasteiger partial charge on any atom is 0.262 e. The fourth-order valence-corrected chi connectivity index (χ4v) is 4.06. The minimum atomic E-state index is -0.506. The van der Waals surface area contributed by atoms with Gasteiger partial charge in [-0.15, -0.1) is 0 Å². The Bertz CT molecular complexity index is 728. The molecule has 8 heteroatoms. The van der Waals surface area contributed by atoms with Gasteiger partial charge in [-0.1, -0.05) is 30.9 Å². The van der Waals surface area contributed by atoms with Gasteiger partial charge < -0.3 is 5.32 Å². The second-order valence-electron chi connectivity index (χ2n) is 5.77. The van der Waals surface area contributed by atoms with Crippen molar-refractivity contribution < 1.29 is 10.0 Å². The summed E-state index contributed by atoms with van der Waals surface area (Å²) < 4.78 is 2.81. The Hall–Kier alpha value is -1.31. The van der Waals surface area contributed by atoms with Crippen LogP contribution in [0.1, 0.15) is 43.7 Å². The van der Waals surface area contributed by atoms with Crippen LogP contribution in [0, 0.1) is 0 Å². The molecule has 1 amide bonds. The van der Waals surface area contributed by atoms with E-state index in [1.54, 1.807) is 11.5 Å². The van der Waals surface area contributed by atoms with E-state index in [9.17, 15) is 4.79 Å². The van der Waals surface area contributed by atoms with Crippen LogP contribution in [0.4, 0.5) is 5.82 Å². The number of aromatic nitrogens is 2. The number of amides is 1. The van der Waals surface area contributed by atoms with Gasteiger partial charge in [0.1, 0.15) is 5.82 Å². The SMILES string of the molecule is O=C(CNc1nc2c(Br)cc(Cl)cn2c1C1CCCCC1)NO. The zero-order chi connectivity index (χ0) is 16.4. The van der Waals surface area contributed by atoms with Crippen LogP contribution in [0.2, 0.25) is 5.02 Å². The van der Waals surface area contributed by atoms with Crippen molar-refractivity contribution in [2.75, 3.05) is 11.9 Å². The topological polar surface area (TPSA) is 78.7 Å². The summed E-state index contributed by atoms with van der Waals surface area (Å²) in [5.41, 5.74) is 3.44. The Kier molecular flexibility index (Phi) is 5.08. The highest BCUT2D eigenvalue weighted by Crippen LogP contribution is 2.38. The van der Waals surface area contributed by atoms with Gasteiger partial charge >= 0.3 is 0 Å². The van der Waals surface area contributed by atoms with E-state index in [1.807, 2.05) is 10.6 Å². The fourth-order valence-electron chi connectivity index (χ4n) is 3.19. The minimum absolute atomic E-state index is 0.0363. The Morgan fingerprint density at radius 2 is 2.17 bits per heavy atom. The molecule has 6 nitrogen and oxygen atoms in total. The van der Waals surface area contributed by atoms with Crippen molar-refractivity contribution in [2.24, 2.45) is 0 Å². The Morgan fingerprint density at radius 1 is 1.43 bits per heavy atom. The minimum Gasteiger partial charge on any atom is -0.359 e. The number of carbonyl (C=O) groups is 1. The van der Waals surface area contributed by atoms with Gasteiger partial charge in [-0.2, -0.15) is 0 Å². The fraction of sp³-hybridized carbons (Fsp3) is 0.467. The van der Waals surface area contributed by atoms with Gasteiger partial charge in [0.05, 0.1) is 21.7 Å². The first-order chi connectivity index (χ1) is 11.1. The van der Waals surface area contributed by atoms with Crippen molar-refractivity contribution in [1.82, 2.24) is 14.9 Å². The predicted molar refractivity (Wildman–Crippen MR) is 92.1 cm³/mol. The van der Waals surface area contributed by atoms with Crippen LogP contribution in [0.3, 0.4) is 0 Å². The molecular formula is C15H18BrClN4O2. The molecule has 2 aromatic heterocycles. The number of nitrogens with zero attached hydrogens (tertiary/aromatic N) is 2. The van der Waals surface area contributed by atoms with Crippen molar-refractivity contribution in [3.8, 4) is 0 Å². The van der Waals surface area contributed by atoms with Gasteiger partial charge in [0.2, 0.25) is 0 Å². The first-order valence-electron chi connectivity index (χ1n) is 7.64. The number of anilines is 1. The smallest absolute Gasteiger partial charge is 0.262 e. The molecule has 0 aromatic carbocycles. The molecule has 1 saturated carbocycles. The summed E-state index contributed by atoms with van der Waals surface area (Å²) in [5.74, 6) is 0.543. The number of rotatable bonds is 4. The Balaban J connectivity index is 2.05. The number of hydrogen-bond donors (Lipinski definition) is 3. The van der Waals surface area contributed by atoms with E-state index >= 15 is 0 Å². The number of fused-ring (bicyclic) bond motifs is 1. The molecule has 0 radical (unpaired) electrons. The molecule has 1 aliphatic rings. The number of hydroxylamine groups is 1. The van der Waals surface area contributed by atoms with Crippen LogP contribution >= 0.6 is 27.5 Å². The average Bonchev–Trinajstić information content (AvgIpc) is 2.92. The maximum atomic E-state index is 11.3. The van der Waals surface area contributed by atoms with Crippen molar-refractivity contribution >= 4 is 44.9 Å². The number of nitrogens with one attached hydrogen (secondary N) is 2. The lowest BCUT2D eigenvalue weighted by Crippen LogP contribution is -2.27. The van der Waals surface area contributed by atoms with E-state index < -0.39 is 5.91 Å². The van der Waals surface area contributed by atoms with Gasteiger partial charge in [-0.05, 0) is 34.8 Å². The summed E-state index contributed by atoms with van der Waals surface area (Å²) in [4.78, 5) is 15.9. The molecule has 23 heavy (non-hydrogen) atoms. The molecular weight excluding hydrogens is 384 g/mol. The van der Waals surface area contributed by atoms with Crippen LogP contribution < -0.4 is 10.8 Å². The molecule has 0 saturated heterocycles. The predicted octanol–water partition coefficient (Wildman–Crippen LogP) is 3.72. The van der Waals surface area contributed by atoms with Crippen molar-refractivity contribution in [2.45, 2.75) is 38.0 Å². The van der Waals surface area contributed by atoms with E-state index in [4.69, 9.17) is 16.8 Å². The summed E-state index contributed by atoms with van der Waals surface area (Å²) in [7, 11) is 0. The first kappa shape index (κ1) is 16.5. The van der Waals surface area contributed by atoms with Crippen LogP contribution in [0.25, 0.3) is 5.65 Å². The summed E-state index contributed by atoms with van der Waals surface area (Å²) in [6.07, 6.45) is 7.69. The van der Waals surface area contributed by atoms with Gasteiger partial charge in [-0.3, -0.25) is 14.4 Å². The molecule has 1 aliphatic carbocycles. The van der Waals surface area contributed by atoms with E-state index in [0.717, 1.165) is 28.7 Å². The third kappa shape index (κ3) is 3.46. The van der Waals surface area contributed by atoms with E-state index in [1.165, 1.54) is 19.3 Å². The normalized spacial score (nSPS) is 15.8. The molecule has 0 aliphatic heterocycles. The summed E-state index contributed by atoms with van der Waals surface area (Å²) in [6, 6.07) is 1.80. The number of pyridine rings is 1. The molecule has 1 fully saturated rings. The van der Waals surface area contributed by atoms with Gasteiger partial charge in [0.15, 0.2) is 5.65 Å². The van der Waals surface area contributed by atoms with E-state index in [2.05, 4.69) is 26.2 Å². The molecule has 124 valence electrons. The summed E-state index contributed by atoms with van der Waals surface area (Å²) in [6.45, 7) is -0.0363. The first-order valence-corrected chi connectivity index (χ1v) is 8.81. The van der Waals surface area contributed by atoms with Crippen molar-refractivity contribution in [3.63, 3.8) is 0 Å². The summed E-state index contributed by atoms with van der Waals surface area (Å²) >= 11 is 9.70. The molecule has 2 heterocycles. The highest BCUT2D eigenvalue weighted by atomic mass is 79.9. The quantitative estimate of drug-likeness (QED) is 0.539. The maximum absolute atomic E-state index is 11.3. The molecule has 0 spiro atoms. The average molecular weight is 402 g/mol. The zero-order valence-corrected chi connectivity index (χ0v) is 14.8. The Labute approximate surface area is 147 Å². The van der Waals surface area contributed by atoms with Crippen LogP contribution in [-0.4, -0.2) is 27.0 Å². The number of imidazole rings is 1. The van der Waals surface area contributed by atoms with Crippen LogP contribution in [-0.2, 0) is 4.79 Å². The van der Waals surface area contributed by atoms with Crippen molar-refractivity contribution in [3.05, 3.63) is 27.5 Å². The number of hydrogen-bond acceptors (Lipinski definition) is 4. The Morgan fingerprint density at radius 3 is 2.87 bits per heavy atom. The largest absolute Gasteiger partial charge is 0.359 e. The van der Waals surface area contributed by atoms with E-state index in [0.29, 0.717) is 16.8 Å². The van der Waals surface area contributed by atoms with E-state index in [-0.39, 0.29) is 6.54 Å². The second-order valence-corrected chi connectivity index (χ2v) is 7.06. The lowest BCUT2D eigenvalue weighted by molar-refractivity contribution is -0.127. The highest BCUT2D eigenvalue weighted by Gasteiger charge is 2.25. The third-order valence-corrected chi connectivity index (χ3v) is 5.00. The number of carbonyl (C=O) groups excluding carboxylic acids is 1. The van der Waals surface area contributed by atoms with Crippen molar-refractivity contribution in [1.29, 1.82) is 0 Å². The summed E-state index contributed by atoms with van der Waals surface area (Å²) in [5, 5.41) is 12.3. The lowest BCUT2D eigenvalue weighted by atomic mass is 9.87. The lowest BCUT2D eigenvalue weighted by Gasteiger charge is -2.22. The highest BCUT2D eigenvalue weighted by molar-refractivity contribution is 9.10. The monoisotopic (exact) mass is 400 g/mol. The molecule has 2 aromatic rings. The molecule has 0 bridgehead atoms. The van der Waals surface area contributed by atoms with Crippen LogP contribution in [0.15, 0.2) is 16.7 Å². The third-order valence-electron chi connectivity index (χ3n) is 4.21.